The van der Waals surface area contributed by atoms with E-state index in [1.54, 1.807) is 12.3 Å². The van der Waals surface area contributed by atoms with Crippen molar-refractivity contribution in [2.24, 2.45) is 0 Å². The molecule has 8 heteroatoms. The van der Waals surface area contributed by atoms with E-state index in [1.165, 1.54) is 12.1 Å². The van der Waals surface area contributed by atoms with Crippen molar-refractivity contribution in [3.8, 4) is 11.3 Å². The van der Waals surface area contributed by atoms with E-state index < -0.39 is 0 Å². The highest BCUT2D eigenvalue weighted by Crippen LogP contribution is 2.41. The molecular formula is C23H24BrFN4OS. The molecule has 0 radical (unpaired) electrons. The van der Waals surface area contributed by atoms with E-state index in [9.17, 15) is 4.39 Å². The van der Waals surface area contributed by atoms with Crippen molar-refractivity contribution in [3.63, 3.8) is 0 Å². The van der Waals surface area contributed by atoms with Crippen LogP contribution in [0.3, 0.4) is 0 Å². The lowest BCUT2D eigenvalue weighted by Gasteiger charge is -2.26. The first-order valence-electron chi connectivity index (χ1n) is 10.1. The Labute approximate surface area is 195 Å². The number of aromatic nitrogens is 1. The maximum Gasteiger partial charge on any atom is 0.170 e. The van der Waals surface area contributed by atoms with Gasteiger partial charge in [0.15, 0.2) is 5.11 Å². The van der Waals surface area contributed by atoms with Crippen LogP contribution in [0.2, 0.25) is 0 Å². The molecule has 3 aromatic rings. The number of nitrogens with one attached hydrogen (secondary N) is 1. The van der Waals surface area contributed by atoms with E-state index in [2.05, 4.69) is 50.1 Å². The van der Waals surface area contributed by atoms with Crippen molar-refractivity contribution in [1.29, 1.82) is 0 Å². The highest BCUT2D eigenvalue weighted by Gasteiger charge is 2.41. The van der Waals surface area contributed by atoms with E-state index in [1.807, 2.05) is 30.3 Å². The van der Waals surface area contributed by atoms with Crippen LogP contribution in [0.25, 0.3) is 11.3 Å². The van der Waals surface area contributed by atoms with Gasteiger partial charge in [-0.05, 0) is 97.7 Å². The lowest BCUT2D eigenvalue weighted by atomic mass is 10.0. The Morgan fingerprint density at radius 1 is 1.23 bits per heavy atom. The molecule has 0 amide bonds. The number of hydrogen-bond donors (Lipinski definition) is 1. The molecule has 162 valence electrons. The Morgan fingerprint density at radius 3 is 2.77 bits per heavy atom. The van der Waals surface area contributed by atoms with E-state index >= 15 is 0 Å². The van der Waals surface area contributed by atoms with Crippen molar-refractivity contribution < 1.29 is 8.81 Å². The second-order valence-corrected chi connectivity index (χ2v) is 9.04. The SMILES string of the molecule is CN(C)CCCN1C(=S)N[C@@H](c2ccccn2)[C@@H]1c1ccc(-c2ccc(F)cc2Br)o1. The lowest BCUT2D eigenvalue weighted by Crippen LogP contribution is -2.32. The first kappa shape index (κ1) is 21.9. The highest BCUT2D eigenvalue weighted by atomic mass is 79.9. The second kappa shape index (κ2) is 9.46. The van der Waals surface area contributed by atoms with Gasteiger partial charge < -0.3 is 19.5 Å². The highest BCUT2D eigenvalue weighted by molar-refractivity contribution is 9.10. The largest absolute Gasteiger partial charge is 0.459 e. The minimum atomic E-state index is -0.296. The lowest BCUT2D eigenvalue weighted by molar-refractivity contribution is 0.261. The van der Waals surface area contributed by atoms with E-state index in [-0.39, 0.29) is 17.9 Å². The second-order valence-electron chi connectivity index (χ2n) is 7.80. The first-order valence-corrected chi connectivity index (χ1v) is 11.3. The molecule has 1 aliphatic heterocycles. The molecule has 5 nitrogen and oxygen atoms in total. The van der Waals surface area contributed by atoms with Crippen LogP contribution in [0.5, 0.6) is 0 Å². The average Bonchev–Trinajstić information content (AvgIpc) is 3.33. The zero-order chi connectivity index (χ0) is 22.0. The number of rotatable bonds is 7. The fraction of sp³-hybridized carbons (Fsp3) is 0.304. The summed E-state index contributed by atoms with van der Waals surface area (Å²) in [7, 11) is 4.13. The molecule has 3 heterocycles. The number of benzene rings is 1. The Hall–Kier alpha value is -2.29. The predicted octanol–water partition coefficient (Wildman–Crippen LogP) is 5.17. The van der Waals surface area contributed by atoms with Gasteiger partial charge in [0.2, 0.25) is 0 Å². The van der Waals surface area contributed by atoms with Crippen molar-refractivity contribution in [1.82, 2.24) is 20.1 Å². The van der Waals surface area contributed by atoms with Gasteiger partial charge in [-0.2, -0.15) is 0 Å². The van der Waals surface area contributed by atoms with Crippen molar-refractivity contribution in [3.05, 3.63) is 76.5 Å². The molecule has 1 fully saturated rings. The molecule has 1 aliphatic rings. The summed E-state index contributed by atoms with van der Waals surface area (Å²) in [6.45, 7) is 1.76. The molecule has 0 unspecified atom stereocenters. The van der Waals surface area contributed by atoms with Crippen LogP contribution in [0.15, 0.2) is 63.6 Å². The van der Waals surface area contributed by atoms with Gasteiger partial charge in [0.1, 0.15) is 23.4 Å². The minimum absolute atomic E-state index is 0.122. The molecule has 0 aliphatic carbocycles. The summed E-state index contributed by atoms with van der Waals surface area (Å²) in [6.07, 6.45) is 2.76. The molecule has 1 aromatic carbocycles. The third-order valence-corrected chi connectivity index (χ3v) is 6.33. The number of pyridine rings is 1. The molecule has 1 N–H and O–H groups in total. The normalized spacial score (nSPS) is 18.6. The zero-order valence-electron chi connectivity index (χ0n) is 17.4. The van der Waals surface area contributed by atoms with Crippen LogP contribution in [0.1, 0.15) is 30.0 Å². The average molecular weight is 503 g/mol. The standard InChI is InChI=1S/C23H24BrFN4OS/c1-28(2)12-5-13-29-22(21(27-23(29)31)18-6-3-4-11-26-18)20-10-9-19(30-20)16-8-7-15(25)14-17(16)24/h3-4,6-11,14,21-22H,5,12-13H2,1-2H3,(H,27,31)/t21-,22-/m0/s1. The molecule has 31 heavy (non-hydrogen) atoms. The van der Waals surface area contributed by atoms with Crippen LogP contribution in [0, 0.1) is 5.82 Å². The predicted molar refractivity (Wildman–Crippen MR) is 127 cm³/mol. The number of thiocarbonyl (C=S) groups is 1. The van der Waals surface area contributed by atoms with E-state index in [0.717, 1.165) is 36.5 Å². The molecule has 0 bridgehead atoms. The van der Waals surface area contributed by atoms with Crippen molar-refractivity contribution >= 4 is 33.3 Å². The monoisotopic (exact) mass is 502 g/mol. The van der Waals surface area contributed by atoms with Crippen LogP contribution in [0.4, 0.5) is 4.39 Å². The molecule has 2 aromatic heterocycles. The number of nitrogens with zero attached hydrogens (tertiary/aromatic N) is 3. The van der Waals surface area contributed by atoms with Gasteiger partial charge in [-0.15, -0.1) is 0 Å². The van der Waals surface area contributed by atoms with Gasteiger partial charge >= 0.3 is 0 Å². The minimum Gasteiger partial charge on any atom is -0.459 e. The summed E-state index contributed by atoms with van der Waals surface area (Å²) in [5, 5.41) is 4.13. The third kappa shape index (κ3) is 4.81. The summed E-state index contributed by atoms with van der Waals surface area (Å²) < 4.78 is 20.5. The van der Waals surface area contributed by atoms with Crippen LogP contribution >= 0.6 is 28.1 Å². The van der Waals surface area contributed by atoms with Crippen LogP contribution < -0.4 is 5.32 Å². The van der Waals surface area contributed by atoms with Gasteiger partial charge in [0.05, 0.1) is 11.7 Å². The number of halogens is 2. The van der Waals surface area contributed by atoms with Gasteiger partial charge in [0, 0.05) is 22.8 Å². The Morgan fingerprint density at radius 2 is 2.06 bits per heavy atom. The summed E-state index contributed by atoms with van der Waals surface area (Å²) >= 11 is 9.13. The summed E-state index contributed by atoms with van der Waals surface area (Å²) in [6, 6.07) is 14.1. The van der Waals surface area contributed by atoms with Gasteiger partial charge in [-0.25, -0.2) is 4.39 Å². The summed E-state index contributed by atoms with van der Waals surface area (Å²) in [4.78, 5) is 8.90. The van der Waals surface area contributed by atoms with Crippen LogP contribution in [-0.2, 0) is 0 Å². The molecule has 0 spiro atoms. The summed E-state index contributed by atoms with van der Waals surface area (Å²) in [5.41, 5.74) is 1.71. The first-order chi connectivity index (χ1) is 14.9. The van der Waals surface area contributed by atoms with Gasteiger partial charge in [0.25, 0.3) is 0 Å². The van der Waals surface area contributed by atoms with Crippen molar-refractivity contribution in [2.75, 3.05) is 27.2 Å². The van der Waals surface area contributed by atoms with Gasteiger partial charge in [-0.3, -0.25) is 4.98 Å². The molecule has 4 rings (SSSR count). The fourth-order valence-corrected chi connectivity index (χ4v) is 4.74. The Bertz CT molecular complexity index is 1060. The van der Waals surface area contributed by atoms with E-state index in [4.69, 9.17) is 16.6 Å². The number of furan rings is 1. The number of hydrogen-bond acceptors (Lipinski definition) is 4. The van der Waals surface area contributed by atoms with Crippen LogP contribution in [-0.4, -0.2) is 47.1 Å². The fourth-order valence-electron chi connectivity index (χ4n) is 3.86. The molecule has 1 saturated heterocycles. The Balaban J connectivity index is 1.68. The van der Waals surface area contributed by atoms with Gasteiger partial charge in [-0.1, -0.05) is 6.07 Å². The maximum atomic E-state index is 13.5. The third-order valence-electron chi connectivity index (χ3n) is 5.32. The van der Waals surface area contributed by atoms with Crippen molar-refractivity contribution in [2.45, 2.75) is 18.5 Å². The zero-order valence-corrected chi connectivity index (χ0v) is 19.8. The smallest absolute Gasteiger partial charge is 0.170 e. The Kier molecular flexibility index (Phi) is 6.69. The topological polar surface area (TPSA) is 44.5 Å². The van der Waals surface area contributed by atoms with E-state index in [0.29, 0.717) is 15.3 Å². The maximum absolute atomic E-state index is 13.5. The molecule has 2 atom stereocenters. The molecular weight excluding hydrogens is 479 g/mol. The summed E-state index contributed by atoms with van der Waals surface area (Å²) in [5.74, 6) is 1.17. The molecule has 0 saturated carbocycles. The quantitative estimate of drug-likeness (QED) is 0.449.